The molecule has 1 aromatic carbocycles. The van der Waals surface area contributed by atoms with Crippen LogP contribution in [0.4, 0.5) is 0 Å². The standard InChI is InChI=1S/C15H23ClN2O2/c1-9(17)12-8-11(16)6-7-13(12)20-10(2)14(19)18-15(3,4)5/h6-10H,17H2,1-5H3,(H,18,19). The van der Waals surface area contributed by atoms with Crippen molar-refractivity contribution in [3.05, 3.63) is 28.8 Å². The minimum atomic E-state index is -0.604. The first-order valence-electron chi connectivity index (χ1n) is 6.64. The van der Waals surface area contributed by atoms with Crippen LogP contribution in [0.3, 0.4) is 0 Å². The average Bonchev–Trinajstić information content (AvgIpc) is 2.28. The second kappa shape index (κ2) is 6.46. The van der Waals surface area contributed by atoms with Crippen molar-refractivity contribution >= 4 is 17.5 Å². The Bertz CT molecular complexity index is 481. The summed E-state index contributed by atoms with van der Waals surface area (Å²) in [4.78, 5) is 12.0. The van der Waals surface area contributed by atoms with E-state index in [4.69, 9.17) is 22.1 Å². The fraction of sp³-hybridized carbons (Fsp3) is 0.533. The number of nitrogens with two attached hydrogens (primary N) is 1. The van der Waals surface area contributed by atoms with E-state index in [2.05, 4.69) is 5.32 Å². The zero-order chi connectivity index (χ0) is 15.5. The maximum atomic E-state index is 12.0. The molecule has 0 saturated carbocycles. The molecule has 112 valence electrons. The lowest BCUT2D eigenvalue weighted by Gasteiger charge is -2.24. The lowest BCUT2D eigenvalue weighted by molar-refractivity contribution is -0.128. The lowest BCUT2D eigenvalue weighted by Crippen LogP contribution is -2.46. The minimum absolute atomic E-state index is 0.164. The van der Waals surface area contributed by atoms with Crippen molar-refractivity contribution in [3.8, 4) is 5.75 Å². The van der Waals surface area contributed by atoms with Gasteiger partial charge in [-0.2, -0.15) is 0 Å². The van der Waals surface area contributed by atoms with Gasteiger partial charge in [0.1, 0.15) is 5.75 Å². The largest absolute Gasteiger partial charge is 0.481 e. The Morgan fingerprint density at radius 3 is 2.45 bits per heavy atom. The summed E-state index contributed by atoms with van der Waals surface area (Å²) in [6, 6.07) is 5.00. The summed E-state index contributed by atoms with van der Waals surface area (Å²) in [5.74, 6) is 0.420. The van der Waals surface area contributed by atoms with Crippen LogP contribution in [-0.2, 0) is 4.79 Å². The van der Waals surface area contributed by atoms with E-state index in [-0.39, 0.29) is 17.5 Å². The van der Waals surface area contributed by atoms with Crippen LogP contribution in [0.15, 0.2) is 18.2 Å². The molecule has 20 heavy (non-hydrogen) atoms. The molecule has 0 saturated heterocycles. The summed E-state index contributed by atoms with van der Waals surface area (Å²) in [5.41, 5.74) is 6.39. The number of halogens is 1. The van der Waals surface area contributed by atoms with Gasteiger partial charge in [0.05, 0.1) is 0 Å². The van der Waals surface area contributed by atoms with Gasteiger partial charge < -0.3 is 15.8 Å². The van der Waals surface area contributed by atoms with Crippen LogP contribution in [-0.4, -0.2) is 17.6 Å². The predicted octanol–water partition coefficient (Wildman–Crippen LogP) is 3.04. The monoisotopic (exact) mass is 298 g/mol. The van der Waals surface area contributed by atoms with Crippen LogP contribution < -0.4 is 15.8 Å². The molecule has 0 bridgehead atoms. The Kier molecular flexibility index (Phi) is 5.42. The number of rotatable bonds is 4. The molecule has 0 fully saturated rings. The van der Waals surface area contributed by atoms with Crippen LogP contribution in [0.5, 0.6) is 5.75 Å². The molecule has 5 heteroatoms. The molecule has 0 aliphatic heterocycles. The van der Waals surface area contributed by atoms with Crippen molar-refractivity contribution in [1.82, 2.24) is 5.32 Å². The van der Waals surface area contributed by atoms with Gasteiger partial charge in [-0.15, -0.1) is 0 Å². The number of carbonyl (C=O) groups excluding carboxylic acids is 1. The van der Waals surface area contributed by atoms with Gasteiger partial charge in [-0.25, -0.2) is 0 Å². The molecule has 0 aliphatic carbocycles. The first-order valence-corrected chi connectivity index (χ1v) is 7.01. The van der Waals surface area contributed by atoms with E-state index >= 15 is 0 Å². The van der Waals surface area contributed by atoms with Gasteiger partial charge in [0, 0.05) is 22.2 Å². The van der Waals surface area contributed by atoms with E-state index < -0.39 is 6.10 Å². The molecule has 2 unspecified atom stereocenters. The smallest absolute Gasteiger partial charge is 0.261 e. The molecule has 1 aromatic rings. The lowest BCUT2D eigenvalue weighted by atomic mass is 10.1. The SMILES string of the molecule is CC(Oc1ccc(Cl)cc1C(C)N)C(=O)NC(C)(C)C. The number of hydrogen-bond acceptors (Lipinski definition) is 3. The van der Waals surface area contributed by atoms with Crippen LogP contribution in [0.1, 0.15) is 46.2 Å². The van der Waals surface area contributed by atoms with Crippen molar-refractivity contribution in [2.24, 2.45) is 5.73 Å². The maximum absolute atomic E-state index is 12.0. The summed E-state index contributed by atoms with van der Waals surface area (Å²) in [6.07, 6.45) is -0.604. The highest BCUT2D eigenvalue weighted by Crippen LogP contribution is 2.28. The highest BCUT2D eigenvalue weighted by Gasteiger charge is 2.21. The molecule has 3 N–H and O–H groups in total. The van der Waals surface area contributed by atoms with E-state index in [1.54, 1.807) is 25.1 Å². The fourth-order valence-corrected chi connectivity index (χ4v) is 1.88. The number of hydrogen-bond donors (Lipinski definition) is 2. The van der Waals surface area contributed by atoms with Gasteiger partial charge >= 0.3 is 0 Å². The zero-order valence-corrected chi connectivity index (χ0v) is 13.4. The molecular formula is C15H23ClN2O2. The number of benzene rings is 1. The number of nitrogens with one attached hydrogen (secondary N) is 1. The summed E-state index contributed by atoms with van der Waals surface area (Å²) < 4.78 is 5.72. The van der Waals surface area contributed by atoms with Crippen LogP contribution in [0, 0.1) is 0 Å². The van der Waals surface area contributed by atoms with Crippen molar-refractivity contribution in [3.63, 3.8) is 0 Å². The molecule has 1 amide bonds. The Balaban J connectivity index is 2.85. The van der Waals surface area contributed by atoms with Gasteiger partial charge in [0.25, 0.3) is 5.91 Å². The van der Waals surface area contributed by atoms with E-state index in [1.165, 1.54) is 0 Å². The molecule has 0 aliphatic rings. The summed E-state index contributed by atoms with van der Waals surface area (Å²) in [5, 5.41) is 3.47. The van der Waals surface area contributed by atoms with Gasteiger partial charge in [0.15, 0.2) is 6.10 Å². The third-order valence-corrected chi connectivity index (χ3v) is 2.87. The third kappa shape index (κ3) is 5.02. The number of ether oxygens (including phenoxy) is 1. The minimum Gasteiger partial charge on any atom is -0.481 e. The summed E-state index contributed by atoms with van der Waals surface area (Å²) in [7, 11) is 0. The number of carbonyl (C=O) groups is 1. The van der Waals surface area contributed by atoms with Crippen molar-refractivity contribution in [2.75, 3.05) is 0 Å². The normalized spacial score (nSPS) is 14.6. The molecule has 0 aromatic heterocycles. The molecule has 0 radical (unpaired) electrons. The van der Waals surface area contributed by atoms with Gasteiger partial charge in [0.2, 0.25) is 0 Å². The first kappa shape index (κ1) is 16.8. The van der Waals surface area contributed by atoms with E-state index in [1.807, 2.05) is 27.7 Å². The average molecular weight is 299 g/mol. The van der Waals surface area contributed by atoms with Crippen molar-refractivity contribution < 1.29 is 9.53 Å². The van der Waals surface area contributed by atoms with E-state index in [0.717, 1.165) is 5.56 Å². The van der Waals surface area contributed by atoms with Gasteiger partial charge in [-0.3, -0.25) is 4.79 Å². The van der Waals surface area contributed by atoms with Crippen LogP contribution >= 0.6 is 11.6 Å². The number of amides is 1. The molecule has 2 atom stereocenters. The van der Waals surface area contributed by atoms with Crippen molar-refractivity contribution in [1.29, 1.82) is 0 Å². The van der Waals surface area contributed by atoms with E-state index in [9.17, 15) is 4.79 Å². The highest BCUT2D eigenvalue weighted by molar-refractivity contribution is 6.30. The second-order valence-electron chi connectivity index (χ2n) is 5.97. The van der Waals surface area contributed by atoms with Crippen molar-refractivity contribution in [2.45, 2.75) is 52.3 Å². The molecule has 4 nitrogen and oxygen atoms in total. The summed E-state index contributed by atoms with van der Waals surface area (Å²) in [6.45, 7) is 9.33. The van der Waals surface area contributed by atoms with Crippen LogP contribution in [0.25, 0.3) is 0 Å². The summed E-state index contributed by atoms with van der Waals surface area (Å²) >= 11 is 5.96. The predicted molar refractivity (Wildman–Crippen MR) is 82.0 cm³/mol. The molecule has 1 rings (SSSR count). The Morgan fingerprint density at radius 2 is 1.95 bits per heavy atom. The fourth-order valence-electron chi connectivity index (χ4n) is 1.70. The quantitative estimate of drug-likeness (QED) is 0.898. The highest BCUT2D eigenvalue weighted by atomic mass is 35.5. The third-order valence-electron chi connectivity index (χ3n) is 2.63. The Morgan fingerprint density at radius 1 is 1.35 bits per heavy atom. The first-order chi connectivity index (χ1) is 9.10. The van der Waals surface area contributed by atoms with Gasteiger partial charge in [-0.05, 0) is 52.8 Å². The van der Waals surface area contributed by atoms with Crippen LogP contribution in [0.2, 0.25) is 5.02 Å². The second-order valence-corrected chi connectivity index (χ2v) is 6.41. The molecule has 0 spiro atoms. The zero-order valence-electron chi connectivity index (χ0n) is 12.7. The Labute approximate surface area is 125 Å². The topological polar surface area (TPSA) is 64.3 Å². The Hall–Kier alpha value is -1.26. The van der Waals surface area contributed by atoms with Gasteiger partial charge in [-0.1, -0.05) is 11.6 Å². The molecular weight excluding hydrogens is 276 g/mol. The maximum Gasteiger partial charge on any atom is 0.261 e. The van der Waals surface area contributed by atoms with E-state index in [0.29, 0.717) is 10.8 Å². The molecule has 0 heterocycles.